The molecule has 11 heteroatoms. The van der Waals surface area contributed by atoms with Gasteiger partial charge in [0.15, 0.2) is 0 Å². The molecule has 54 heavy (non-hydrogen) atoms. The summed E-state index contributed by atoms with van der Waals surface area (Å²) in [4.78, 5) is 12.0. The van der Waals surface area contributed by atoms with E-state index in [2.05, 4.69) is 13.8 Å². The molecule has 0 bridgehead atoms. The summed E-state index contributed by atoms with van der Waals surface area (Å²) in [6, 6.07) is 14.3. The molecule has 0 saturated heterocycles. The summed E-state index contributed by atoms with van der Waals surface area (Å²) in [7, 11) is 1.25. The molecule has 6 rings (SSSR count). The Morgan fingerprint density at radius 1 is 0.630 bits per heavy atom. The van der Waals surface area contributed by atoms with Crippen molar-refractivity contribution in [2.24, 2.45) is 10.8 Å². The molecule has 3 nitrogen and oxygen atoms in total. The number of aliphatic hydroxyl groups is 1. The molecular weight excluding hydrogens is 716 g/mol. The van der Waals surface area contributed by atoms with Crippen molar-refractivity contribution in [2.75, 3.05) is 7.11 Å². The van der Waals surface area contributed by atoms with Crippen LogP contribution < -0.4 is 0 Å². The van der Waals surface area contributed by atoms with Crippen molar-refractivity contribution in [2.45, 2.75) is 72.3 Å². The molecule has 1 N–H and O–H groups in total. The smallest absolute Gasteiger partial charge is 0.416 e. The topological polar surface area (TPSA) is 46.5 Å². The summed E-state index contributed by atoms with van der Waals surface area (Å²) < 4.78 is 113. The molecule has 0 fully saturated rings. The lowest BCUT2D eigenvalue weighted by molar-refractivity contribution is -0.138. The monoisotopic (exact) mass is 756 g/mol. The molecule has 0 aromatic heterocycles. The molecule has 0 unspecified atom stereocenters. The van der Waals surface area contributed by atoms with Gasteiger partial charge in [0, 0.05) is 11.1 Å². The van der Waals surface area contributed by atoms with Crippen molar-refractivity contribution in [1.29, 1.82) is 0 Å². The van der Waals surface area contributed by atoms with E-state index in [-0.39, 0.29) is 34.1 Å². The average molecular weight is 757 g/mol. The summed E-state index contributed by atoms with van der Waals surface area (Å²) in [6.07, 6.45) is -1.66. The predicted molar refractivity (Wildman–Crippen MR) is 193 cm³/mol. The fourth-order valence-corrected chi connectivity index (χ4v) is 7.14. The molecule has 0 radical (unpaired) electrons. The number of methoxy groups -OCH3 is 1. The maximum atomic E-state index is 14.5. The van der Waals surface area contributed by atoms with Gasteiger partial charge in [0.25, 0.3) is 0 Å². The zero-order chi connectivity index (χ0) is 39.8. The van der Waals surface area contributed by atoms with E-state index in [1.54, 1.807) is 24.3 Å². The molecule has 0 saturated carbocycles. The molecule has 286 valence electrons. The van der Waals surface area contributed by atoms with Crippen LogP contribution in [0.1, 0.15) is 91.6 Å². The van der Waals surface area contributed by atoms with Crippen LogP contribution in [0, 0.1) is 22.5 Å². The van der Waals surface area contributed by atoms with Gasteiger partial charge in [-0.15, -0.1) is 0 Å². The van der Waals surface area contributed by atoms with Crippen LogP contribution in [0.25, 0.3) is 33.4 Å². The normalized spacial score (nSPS) is 16.3. The van der Waals surface area contributed by atoms with Crippen LogP contribution in [0.3, 0.4) is 0 Å². The van der Waals surface area contributed by atoms with E-state index in [1.165, 1.54) is 19.2 Å². The minimum atomic E-state index is -4.58. The van der Waals surface area contributed by atoms with Crippen molar-refractivity contribution in [1.82, 2.24) is 0 Å². The summed E-state index contributed by atoms with van der Waals surface area (Å²) in [6.45, 7) is 7.96. The summed E-state index contributed by atoms with van der Waals surface area (Å²) >= 11 is 0. The highest BCUT2D eigenvalue weighted by molar-refractivity contribution is 5.94. The van der Waals surface area contributed by atoms with E-state index in [9.17, 15) is 45.0 Å². The summed E-state index contributed by atoms with van der Waals surface area (Å²) in [5.41, 5.74) is 2.25. The summed E-state index contributed by atoms with van der Waals surface area (Å²) in [5.74, 6) is -2.02. The first-order valence-corrected chi connectivity index (χ1v) is 17.3. The molecular formula is C43H40F8O3. The number of ether oxygens (including phenoxy) is 1. The maximum absolute atomic E-state index is 14.5. The largest absolute Gasteiger partial charge is 0.465 e. The molecule has 0 atom stereocenters. The Morgan fingerprint density at radius 2 is 1.07 bits per heavy atom. The molecule has 0 heterocycles. The van der Waals surface area contributed by atoms with Gasteiger partial charge in [0.1, 0.15) is 11.6 Å². The van der Waals surface area contributed by atoms with Gasteiger partial charge in [-0.3, -0.25) is 0 Å². The molecule has 2 aliphatic rings. The first-order chi connectivity index (χ1) is 25.2. The SMILES string of the molecule is CC1(C)CCC=C1c1cc(CO)ccc1-c1cc(C(F)(F)F)ccc1F.COC(=O)c1ccc(-c2cc(C(F)(F)F)ccc2F)c(C2=CCCC2(C)C)c1. The number of halogens is 8. The highest BCUT2D eigenvalue weighted by atomic mass is 19.4. The van der Waals surface area contributed by atoms with Crippen LogP contribution in [0.5, 0.6) is 0 Å². The highest BCUT2D eigenvalue weighted by Gasteiger charge is 2.35. The van der Waals surface area contributed by atoms with Crippen LogP contribution in [0.15, 0.2) is 84.9 Å². The number of aliphatic hydroxyl groups excluding tert-OH is 1. The fraction of sp³-hybridized carbons (Fsp3) is 0.326. The Morgan fingerprint density at radius 3 is 1.46 bits per heavy atom. The van der Waals surface area contributed by atoms with Crippen LogP contribution in [-0.2, 0) is 23.7 Å². The van der Waals surface area contributed by atoms with E-state index < -0.39 is 41.1 Å². The fourth-order valence-electron chi connectivity index (χ4n) is 7.14. The molecule has 4 aromatic rings. The average Bonchev–Trinajstić information content (AvgIpc) is 3.66. The van der Waals surface area contributed by atoms with E-state index in [4.69, 9.17) is 4.74 Å². The van der Waals surface area contributed by atoms with Crippen LogP contribution in [-0.4, -0.2) is 18.2 Å². The lowest BCUT2D eigenvalue weighted by atomic mass is 9.79. The third-order valence-corrected chi connectivity index (χ3v) is 10.1. The number of hydrogen-bond acceptors (Lipinski definition) is 3. The number of alkyl halides is 6. The Kier molecular flexibility index (Phi) is 11.3. The molecule has 0 spiro atoms. The first-order valence-electron chi connectivity index (χ1n) is 17.3. The number of rotatable bonds is 6. The number of esters is 1. The van der Waals surface area contributed by atoms with E-state index in [0.29, 0.717) is 27.8 Å². The molecule has 0 amide bonds. The van der Waals surface area contributed by atoms with Crippen LogP contribution >= 0.6 is 0 Å². The standard InChI is InChI=1S/C22H20F4O2.C21H20F4O/c1-21(2)10-4-5-18(21)16-11-13(20(27)28-3)6-8-15(16)17-12-14(22(24,25)26)7-9-19(17)23;1-20(2)9-3-4-18(20)16-10-13(12-26)5-7-15(16)17-11-14(21(23,24)25)6-8-19(17)22/h5-9,11-12H,4,10H2,1-3H3;4-8,10-11,26H,3,9,12H2,1-2H3. The third-order valence-electron chi connectivity index (χ3n) is 10.1. The van der Waals surface area contributed by atoms with Crippen molar-refractivity contribution < 1.29 is 49.8 Å². The number of carbonyl (C=O) groups excluding carboxylic acids is 1. The second-order valence-electron chi connectivity index (χ2n) is 14.8. The van der Waals surface area contributed by atoms with E-state index in [0.717, 1.165) is 73.2 Å². The van der Waals surface area contributed by atoms with Gasteiger partial charge in [-0.25, -0.2) is 13.6 Å². The van der Waals surface area contributed by atoms with Crippen molar-refractivity contribution in [3.63, 3.8) is 0 Å². The Bertz CT molecular complexity index is 2120. The number of carbonyl (C=O) groups is 1. The molecule has 4 aromatic carbocycles. The first kappa shape index (κ1) is 40.4. The Labute approximate surface area is 309 Å². The van der Waals surface area contributed by atoms with Gasteiger partial charge in [-0.1, -0.05) is 58.0 Å². The van der Waals surface area contributed by atoms with Crippen molar-refractivity contribution >= 4 is 17.1 Å². The predicted octanol–water partition coefficient (Wildman–Crippen LogP) is 12.7. The van der Waals surface area contributed by atoms with Crippen LogP contribution in [0.2, 0.25) is 0 Å². The van der Waals surface area contributed by atoms with Gasteiger partial charge < -0.3 is 9.84 Å². The highest BCUT2D eigenvalue weighted by Crippen LogP contribution is 2.49. The van der Waals surface area contributed by atoms with Gasteiger partial charge in [-0.2, -0.15) is 26.3 Å². The minimum absolute atomic E-state index is 0.0806. The lowest BCUT2D eigenvalue weighted by Gasteiger charge is -2.25. The minimum Gasteiger partial charge on any atom is -0.465 e. The zero-order valence-corrected chi connectivity index (χ0v) is 30.4. The van der Waals surface area contributed by atoms with Gasteiger partial charge in [0.2, 0.25) is 0 Å². The second-order valence-corrected chi connectivity index (χ2v) is 14.8. The Hall–Kier alpha value is -4.77. The molecule has 0 aliphatic heterocycles. The van der Waals surface area contributed by atoms with Gasteiger partial charge in [0.05, 0.1) is 30.4 Å². The van der Waals surface area contributed by atoms with Gasteiger partial charge in [-0.05, 0) is 130 Å². The third kappa shape index (κ3) is 8.46. The van der Waals surface area contributed by atoms with Crippen molar-refractivity contribution in [3.8, 4) is 22.3 Å². The van der Waals surface area contributed by atoms with Crippen LogP contribution in [0.4, 0.5) is 35.1 Å². The van der Waals surface area contributed by atoms with E-state index in [1.807, 2.05) is 26.0 Å². The second kappa shape index (κ2) is 15.2. The number of benzene rings is 4. The quantitative estimate of drug-likeness (QED) is 0.157. The number of allylic oxidation sites excluding steroid dienone is 4. The van der Waals surface area contributed by atoms with E-state index >= 15 is 0 Å². The lowest BCUT2D eigenvalue weighted by Crippen LogP contribution is -2.11. The maximum Gasteiger partial charge on any atom is 0.416 e. The summed E-state index contributed by atoms with van der Waals surface area (Å²) in [5, 5.41) is 9.46. The van der Waals surface area contributed by atoms with Crippen molar-refractivity contribution in [3.05, 3.63) is 130 Å². The Balaban J connectivity index is 0.000000208. The number of hydrogen-bond donors (Lipinski definition) is 1. The van der Waals surface area contributed by atoms with Gasteiger partial charge >= 0.3 is 18.3 Å². The zero-order valence-electron chi connectivity index (χ0n) is 30.4. The molecule has 2 aliphatic carbocycles.